The first-order valence-electron chi connectivity index (χ1n) is 12.9. The fourth-order valence-electron chi connectivity index (χ4n) is 4.70. The van der Waals surface area contributed by atoms with Crippen molar-refractivity contribution in [3.05, 3.63) is 87.9 Å². The Hall–Kier alpha value is -4.30. The Morgan fingerprint density at radius 3 is 2.20 bits per heavy atom. The molecule has 0 spiro atoms. The second-order valence-electron chi connectivity index (χ2n) is 10.1. The Balaban J connectivity index is 2.33. The lowest BCUT2D eigenvalue weighted by Crippen LogP contribution is -2.40. The summed E-state index contributed by atoms with van der Waals surface area (Å²) in [5, 5.41) is 19.0. The molecule has 3 unspecified atom stereocenters. The second kappa shape index (κ2) is 12.5. The summed E-state index contributed by atoms with van der Waals surface area (Å²) < 4.78 is 51.9. The highest BCUT2D eigenvalue weighted by molar-refractivity contribution is 6.01. The Morgan fingerprint density at radius 1 is 1.05 bits per heavy atom. The highest BCUT2D eigenvalue weighted by Gasteiger charge is 2.43. The Kier molecular flexibility index (Phi) is 9.50. The summed E-state index contributed by atoms with van der Waals surface area (Å²) in [5.74, 6) is -3.11. The van der Waals surface area contributed by atoms with Crippen LogP contribution in [0.3, 0.4) is 0 Å². The van der Waals surface area contributed by atoms with Crippen LogP contribution < -0.4 is 10.6 Å². The number of nitrogens with zero attached hydrogens (tertiary/aromatic N) is 2. The molecule has 3 N–H and O–H groups in total. The van der Waals surface area contributed by atoms with E-state index >= 15 is 0 Å². The van der Waals surface area contributed by atoms with E-state index < -0.39 is 47.9 Å². The molecule has 0 aromatic heterocycles. The lowest BCUT2D eigenvalue weighted by molar-refractivity contribution is -0.145. The number of rotatable bonds is 8. The van der Waals surface area contributed by atoms with Crippen LogP contribution >= 0.6 is 0 Å². The summed E-state index contributed by atoms with van der Waals surface area (Å²) in [7, 11) is 0. The van der Waals surface area contributed by atoms with Crippen molar-refractivity contribution < 1.29 is 37.3 Å². The van der Waals surface area contributed by atoms with Gasteiger partial charge in [0.05, 0.1) is 46.5 Å². The Bertz CT molecular complexity index is 1410. The smallest absolute Gasteiger partial charge is 0.416 e. The van der Waals surface area contributed by atoms with E-state index in [-0.39, 0.29) is 34.8 Å². The lowest BCUT2D eigenvalue weighted by atomic mass is 9.80. The molecule has 3 atom stereocenters. The van der Waals surface area contributed by atoms with Gasteiger partial charge in [-0.15, -0.1) is 0 Å². The van der Waals surface area contributed by atoms with Gasteiger partial charge in [0.25, 0.3) is 0 Å². The molecule has 2 aromatic carbocycles. The van der Waals surface area contributed by atoms with Crippen molar-refractivity contribution in [2.45, 2.75) is 71.4 Å². The van der Waals surface area contributed by atoms with Crippen molar-refractivity contribution >= 4 is 17.6 Å². The number of benzene rings is 2. The van der Waals surface area contributed by atoms with Crippen LogP contribution in [0.25, 0.3) is 0 Å². The maximum absolute atomic E-state index is 13.7. The molecule has 1 heterocycles. The summed E-state index contributed by atoms with van der Waals surface area (Å²) in [4.78, 5) is 28.5. The van der Waals surface area contributed by atoms with Gasteiger partial charge in [-0.25, -0.2) is 9.59 Å². The van der Waals surface area contributed by atoms with Gasteiger partial charge in [-0.1, -0.05) is 18.2 Å². The van der Waals surface area contributed by atoms with E-state index in [1.54, 1.807) is 32.9 Å². The zero-order valence-corrected chi connectivity index (χ0v) is 23.3. The number of carbonyl (C=O) groups is 2. The zero-order chi connectivity index (χ0) is 30.6. The maximum atomic E-state index is 13.7. The largest absolute Gasteiger partial charge is 0.460 e. The number of anilines is 1. The predicted octanol–water partition coefficient (Wildman–Crippen LogP) is 5.28. The third-order valence-electron chi connectivity index (χ3n) is 6.39. The molecular weight excluding hydrogens is 539 g/mol. The van der Waals surface area contributed by atoms with Crippen LogP contribution in [0, 0.1) is 11.3 Å². The van der Waals surface area contributed by atoms with Gasteiger partial charge < -0.3 is 25.2 Å². The molecule has 0 bridgehead atoms. The van der Waals surface area contributed by atoms with Gasteiger partial charge in [0.15, 0.2) is 0 Å². The topological polar surface area (TPSA) is 126 Å². The molecule has 0 saturated heterocycles. The number of halogens is 3. The fraction of sp³-hybridized carbons (Fsp3) is 0.367. The number of hydrogen-bond donors (Lipinski definition) is 2. The average molecular weight is 572 g/mol. The number of allylic oxidation sites excluding steroid dienone is 1. The Morgan fingerprint density at radius 2 is 1.66 bits per heavy atom. The molecule has 0 radical (unpaired) electrons. The van der Waals surface area contributed by atoms with Crippen molar-refractivity contribution in [2.24, 2.45) is 5.73 Å². The molecular formula is C30H32F3N3O5. The lowest BCUT2D eigenvalue weighted by Gasteiger charge is -2.38. The number of hydrogen-bond acceptors (Lipinski definition) is 8. The van der Waals surface area contributed by atoms with Crippen LogP contribution in [0.4, 0.5) is 18.9 Å². The molecule has 11 heteroatoms. The van der Waals surface area contributed by atoms with Crippen molar-refractivity contribution in [1.29, 1.82) is 5.26 Å². The van der Waals surface area contributed by atoms with Crippen LogP contribution in [-0.4, -0.2) is 35.4 Å². The number of ether oxygens (including phenoxy) is 2. The maximum Gasteiger partial charge on any atom is 0.416 e. The number of aliphatic hydroxyl groups excluding tert-OH is 1. The SMILES string of the molecule is CC1=C(C(=O)OC(C)C)C(c2ccc(C#N)cc2)C(C(=O)OC(C)CC(C)O)=C(N)N1c1cccc(C(F)(F)F)c1. The van der Waals surface area contributed by atoms with E-state index in [1.165, 1.54) is 43.0 Å². The van der Waals surface area contributed by atoms with Crippen LogP contribution in [0.2, 0.25) is 0 Å². The normalized spacial score (nSPS) is 17.3. The minimum Gasteiger partial charge on any atom is -0.460 e. The summed E-state index contributed by atoms with van der Waals surface area (Å²) in [6.07, 6.45) is -6.66. The minimum atomic E-state index is -4.66. The molecule has 0 fully saturated rings. The zero-order valence-electron chi connectivity index (χ0n) is 23.3. The third-order valence-corrected chi connectivity index (χ3v) is 6.39. The highest BCUT2D eigenvalue weighted by atomic mass is 19.4. The minimum absolute atomic E-state index is 0.0368. The van der Waals surface area contributed by atoms with Crippen molar-refractivity contribution in [3.63, 3.8) is 0 Å². The second-order valence-corrected chi connectivity index (χ2v) is 10.1. The summed E-state index contributed by atoms with van der Waals surface area (Å²) in [6.45, 7) is 7.86. The van der Waals surface area contributed by atoms with E-state index in [9.17, 15) is 33.1 Å². The van der Waals surface area contributed by atoms with Crippen LogP contribution in [0.5, 0.6) is 0 Å². The van der Waals surface area contributed by atoms with Gasteiger partial charge in [-0.3, -0.25) is 0 Å². The quantitative estimate of drug-likeness (QED) is 0.410. The number of aliphatic hydroxyl groups is 1. The van der Waals surface area contributed by atoms with Gasteiger partial charge >= 0.3 is 18.1 Å². The first kappa shape index (κ1) is 31.2. The number of carbonyl (C=O) groups excluding carboxylic acids is 2. The predicted molar refractivity (Wildman–Crippen MR) is 145 cm³/mol. The summed E-state index contributed by atoms with van der Waals surface area (Å²) in [5.41, 5.74) is 6.22. The molecule has 2 aromatic rings. The molecule has 0 aliphatic carbocycles. The Labute approximate surface area is 236 Å². The molecule has 3 rings (SSSR count). The van der Waals surface area contributed by atoms with E-state index in [0.717, 1.165) is 12.1 Å². The number of nitriles is 1. The van der Waals surface area contributed by atoms with Crippen molar-refractivity contribution in [1.82, 2.24) is 0 Å². The first-order chi connectivity index (χ1) is 19.1. The van der Waals surface area contributed by atoms with E-state index in [1.807, 2.05) is 6.07 Å². The molecule has 0 saturated carbocycles. The molecule has 1 aliphatic heterocycles. The van der Waals surface area contributed by atoms with Gasteiger partial charge in [0, 0.05) is 17.8 Å². The summed E-state index contributed by atoms with van der Waals surface area (Å²) >= 11 is 0. The monoisotopic (exact) mass is 571 g/mol. The molecule has 218 valence electrons. The standard InChI is InChI=1S/C30H32F3N3O5/c1-16(2)40-28(38)24-19(5)36(23-8-6-7-22(14-23)30(31,32)33)27(35)26(29(39)41-18(4)13-17(3)37)25(24)21-11-9-20(15-34)10-12-21/h6-12,14,16-18,25,37H,13,35H2,1-5H3. The number of esters is 2. The van der Waals surface area contributed by atoms with Crippen molar-refractivity contribution in [2.75, 3.05) is 4.90 Å². The van der Waals surface area contributed by atoms with Crippen LogP contribution in [0.1, 0.15) is 63.6 Å². The summed E-state index contributed by atoms with van der Waals surface area (Å²) in [6, 6.07) is 12.4. The van der Waals surface area contributed by atoms with E-state index in [2.05, 4.69) is 0 Å². The van der Waals surface area contributed by atoms with E-state index in [4.69, 9.17) is 15.2 Å². The van der Waals surface area contributed by atoms with Crippen molar-refractivity contribution in [3.8, 4) is 6.07 Å². The van der Waals surface area contributed by atoms with Gasteiger partial charge in [0.2, 0.25) is 0 Å². The van der Waals surface area contributed by atoms with Gasteiger partial charge in [0.1, 0.15) is 11.9 Å². The van der Waals surface area contributed by atoms with E-state index in [0.29, 0.717) is 11.1 Å². The fourth-order valence-corrected chi connectivity index (χ4v) is 4.70. The van der Waals surface area contributed by atoms with Crippen LogP contribution in [-0.2, 0) is 25.2 Å². The number of nitrogens with two attached hydrogens (primary N) is 1. The van der Waals surface area contributed by atoms with Gasteiger partial charge in [-0.2, -0.15) is 18.4 Å². The number of alkyl halides is 3. The molecule has 0 amide bonds. The molecule has 8 nitrogen and oxygen atoms in total. The van der Waals surface area contributed by atoms with Crippen LogP contribution in [0.15, 0.2) is 71.2 Å². The highest BCUT2D eigenvalue weighted by Crippen LogP contribution is 2.44. The average Bonchev–Trinajstić information content (AvgIpc) is 2.87. The third kappa shape index (κ3) is 7.08. The molecule has 41 heavy (non-hydrogen) atoms. The first-order valence-corrected chi connectivity index (χ1v) is 12.9. The van der Waals surface area contributed by atoms with Gasteiger partial charge in [-0.05, 0) is 70.5 Å². The molecule has 1 aliphatic rings.